The van der Waals surface area contributed by atoms with Gasteiger partial charge in [-0.2, -0.15) is 5.10 Å². The highest BCUT2D eigenvalue weighted by Crippen LogP contribution is 2.33. The fourth-order valence-electron chi connectivity index (χ4n) is 3.38. The number of benzene rings is 1. The zero-order valence-electron chi connectivity index (χ0n) is 14.1. The number of hydrogen-bond donors (Lipinski definition) is 0. The van der Waals surface area contributed by atoms with Gasteiger partial charge in [0.05, 0.1) is 11.7 Å². The van der Waals surface area contributed by atoms with Gasteiger partial charge in [-0.05, 0) is 54.7 Å². The Balaban J connectivity index is 1.66. The molecule has 0 fully saturated rings. The third-order valence-corrected chi connectivity index (χ3v) is 6.69. The van der Waals surface area contributed by atoms with Gasteiger partial charge >= 0.3 is 0 Å². The van der Waals surface area contributed by atoms with Crippen LogP contribution in [-0.4, -0.2) is 25.8 Å². The Kier molecular flexibility index (Phi) is 4.54. The molecule has 0 bridgehead atoms. The van der Waals surface area contributed by atoms with Crippen molar-refractivity contribution in [2.24, 2.45) is 7.05 Å². The minimum absolute atomic E-state index is 0.377. The smallest absolute Gasteiger partial charge is 0.199 e. The number of thiophene rings is 1. The molecule has 1 atom stereocenters. The normalized spacial score (nSPS) is 17.6. The second kappa shape index (κ2) is 6.68. The molecule has 4 rings (SSSR count). The van der Waals surface area contributed by atoms with E-state index in [9.17, 15) is 0 Å². The highest BCUT2D eigenvalue weighted by Gasteiger charge is 2.25. The molecular weight excluding hydrogens is 372 g/mol. The minimum atomic E-state index is 0.377. The lowest BCUT2D eigenvalue weighted by Crippen LogP contribution is -2.35. The Bertz CT molecular complexity index is 972. The molecule has 0 spiro atoms. The molecule has 3 aromatic rings. The van der Waals surface area contributed by atoms with Crippen LogP contribution in [-0.2, 0) is 20.1 Å². The van der Waals surface area contributed by atoms with Gasteiger partial charge in [-0.1, -0.05) is 23.7 Å². The molecule has 7 heteroatoms. The van der Waals surface area contributed by atoms with Crippen LogP contribution < -0.4 is 0 Å². The van der Waals surface area contributed by atoms with Crippen LogP contribution in [0.2, 0.25) is 5.02 Å². The molecule has 1 aliphatic rings. The molecule has 0 radical (unpaired) electrons. The number of hydrogen-bond acceptors (Lipinski definition) is 4. The topological polar surface area (TPSA) is 26.0 Å². The lowest BCUT2D eigenvalue weighted by molar-refractivity contribution is 0.144. The third-order valence-electron chi connectivity index (χ3n) is 4.88. The second-order valence-electron chi connectivity index (χ2n) is 6.32. The minimum Gasteiger partial charge on any atom is -0.303 e. The van der Waals surface area contributed by atoms with Crippen molar-refractivity contribution in [2.45, 2.75) is 26.1 Å². The average Bonchev–Trinajstić information content (AvgIpc) is 3.19. The molecule has 0 aliphatic carbocycles. The molecule has 1 aliphatic heterocycles. The van der Waals surface area contributed by atoms with Crippen LogP contribution in [0.1, 0.15) is 23.4 Å². The Morgan fingerprint density at radius 3 is 2.92 bits per heavy atom. The molecule has 4 nitrogen and oxygen atoms in total. The highest BCUT2D eigenvalue weighted by atomic mass is 35.5. The van der Waals surface area contributed by atoms with Crippen LogP contribution in [0.3, 0.4) is 0 Å². The van der Waals surface area contributed by atoms with Crippen molar-refractivity contribution in [1.29, 1.82) is 0 Å². The van der Waals surface area contributed by atoms with Gasteiger partial charge in [-0.25, -0.2) is 4.68 Å². The third kappa shape index (κ3) is 2.97. The van der Waals surface area contributed by atoms with E-state index in [0.717, 1.165) is 24.4 Å². The number of aromatic nitrogens is 3. The largest absolute Gasteiger partial charge is 0.303 e. The number of nitrogens with zero attached hydrogens (tertiary/aromatic N) is 4. The van der Waals surface area contributed by atoms with Crippen LogP contribution in [0.4, 0.5) is 0 Å². The van der Waals surface area contributed by atoms with Crippen molar-refractivity contribution >= 4 is 35.2 Å². The Morgan fingerprint density at radius 1 is 1.32 bits per heavy atom. The summed E-state index contributed by atoms with van der Waals surface area (Å²) in [5, 5.41) is 7.64. The van der Waals surface area contributed by atoms with Crippen LogP contribution >= 0.6 is 35.2 Å². The van der Waals surface area contributed by atoms with Crippen LogP contribution in [0, 0.1) is 4.77 Å². The Labute approximate surface area is 161 Å². The highest BCUT2D eigenvalue weighted by molar-refractivity contribution is 7.71. The van der Waals surface area contributed by atoms with Crippen molar-refractivity contribution in [2.75, 3.05) is 6.54 Å². The van der Waals surface area contributed by atoms with Crippen molar-refractivity contribution in [3.63, 3.8) is 0 Å². The molecular formula is C18H19ClN4S2. The first-order valence-corrected chi connectivity index (χ1v) is 9.92. The lowest BCUT2D eigenvalue weighted by Gasteiger charge is -2.33. The monoisotopic (exact) mass is 390 g/mol. The standard InChI is InChI=1S/C18H19ClN4S2/c1-12-13-8-10-25-16(13)7-9-22(12)11-23-18(24)21(2)17(20-23)14-5-3-4-6-15(14)19/h3-6,8,10,12H,7,9,11H2,1-2H3/t12-/m1/s1. The molecule has 1 aromatic carbocycles. The molecule has 0 saturated carbocycles. The van der Waals surface area contributed by atoms with Crippen LogP contribution in [0.5, 0.6) is 0 Å². The fraction of sp³-hybridized carbons (Fsp3) is 0.333. The lowest BCUT2D eigenvalue weighted by atomic mass is 10.0. The van der Waals surface area contributed by atoms with Gasteiger partial charge in [0.2, 0.25) is 0 Å². The molecule has 0 N–H and O–H groups in total. The molecule has 3 heterocycles. The first-order valence-electron chi connectivity index (χ1n) is 8.25. The summed E-state index contributed by atoms with van der Waals surface area (Å²) in [6, 6.07) is 10.4. The SMILES string of the molecule is C[C@@H]1c2ccsc2CCN1Cn1nc(-c2ccccc2Cl)n(C)c1=S. The summed E-state index contributed by atoms with van der Waals surface area (Å²) in [5.74, 6) is 0.802. The van der Waals surface area contributed by atoms with E-state index in [1.165, 1.54) is 10.4 Å². The van der Waals surface area contributed by atoms with E-state index in [0.29, 0.717) is 22.5 Å². The molecule has 25 heavy (non-hydrogen) atoms. The van der Waals surface area contributed by atoms with Crippen LogP contribution in [0.15, 0.2) is 35.7 Å². The van der Waals surface area contributed by atoms with Gasteiger partial charge < -0.3 is 4.57 Å². The predicted molar refractivity (Wildman–Crippen MR) is 106 cm³/mol. The van der Waals surface area contributed by atoms with Crippen LogP contribution in [0.25, 0.3) is 11.4 Å². The maximum absolute atomic E-state index is 6.35. The van der Waals surface area contributed by atoms with E-state index in [2.05, 4.69) is 23.3 Å². The summed E-state index contributed by atoms with van der Waals surface area (Å²) < 4.78 is 4.54. The molecule has 130 valence electrons. The number of rotatable bonds is 3. The molecule has 2 aromatic heterocycles. The van der Waals surface area contributed by atoms with E-state index in [-0.39, 0.29) is 0 Å². The zero-order valence-corrected chi connectivity index (χ0v) is 16.5. The van der Waals surface area contributed by atoms with Gasteiger partial charge in [-0.15, -0.1) is 11.3 Å². The van der Waals surface area contributed by atoms with E-state index in [4.69, 9.17) is 28.9 Å². The average molecular weight is 391 g/mol. The van der Waals surface area contributed by atoms with Crippen molar-refractivity contribution in [3.8, 4) is 11.4 Å². The Hall–Kier alpha value is -1.47. The van der Waals surface area contributed by atoms with E-state index in [1.807, 2.05) is 51.9 Å². The molecule has 0 unspecified atom stereocenters. The quantitative estimate of drug-likeness (QED) is 0.594. The summed E-state index contributed by atoms with van der Waals surface area (Å²) in [6.07, 6.45) is 1.09. The molecule has 0 amide bonds. The Morgan fingerprint density at radius 2 is 2.12 bits per heavy atom. The summed E-state index contributed by atoms with van der Waals surface area (Å²) in [6.45, 7) is 3.97. The summed E-state index contributed by atoms with van der Waals surface area (Å²) in [7, 11) is 1.95. The maximum atomic E-state index is 6.35. The van der Waals surface area contributed by atoms with Gasteiger partial charge in [0.1, 0.15) is 0 Å². The van der Waals surface area contributed by atoms with E-state index >= 15 is 0 Å². The number of fused-ring (bicyclic) bond motifs is 1. The first-order chi connectivity index (χ1) is 12.1. The van der Waals surface area contributed by atoms with E-state index in [1.54, 1.807) is 0 Å². The van der Waals surface area contributed by atoms with Gasteiger partial charge in [0, 0.05) is 30.1 Å². The van der Waals surface area contributed by atoms with E-state index < -0.39 is 0 Å². The summed E-state index contributed by atoms with van der Waals surface area (Å²) >= 11 is 13.8. The molecule has 0 saturated heterocycles. The second-order valence-corrected chi connectivity index (χ2v) is 8.10. The summed E-state index contributed by atoms with van der Waals surface area (Å²) in [5.41, 5.74) is 2.34. The first kappa shape index (κ1) is 17.0. The predicted octanol–water partition coefficient (Wildman–Crippen LogP) is 4.91. The number of halogens is 1. The van der Waals surface area contributed by atoms with Crippen molar-refractivity contribution in [1.82, 2.24) is 19.2 Å². The van der Waals surface area contributed by atoms with Gasteiger partial charge in [0.15, 0.2) is 10.6 Å². The fourth-order valence-corrected chi connectivity index (χ4v) is 4.75. The van der Waals surface area contributed by atoms with Gasteiger partial charge in [0.25, 0.3) is 0 Å². The van der Waals surface area contributed by atoms with Crippen molar-refractivity contribution < 1.29 is 0 Å². The van der Waals surface area contributed by atoms with Gasteiger partial charge in [-0.3, -0.25) is 4.90 Å². The zero-order chi connectivity index (χ0) is 17.6. The summed E-state index contributed by atoms with van der Waals surface area (Å²) in [4.78, 5) is 3.93. The van der Waals surface area contributed by atoms with Crippen molar-refractivity contribution in [3.05, 3.63) is 55.9 Å². The maximum Gasteiger partial charge on any atom is 0.199 e.